The Bertz CT molecular complexity index is 599. The molecule has 0 saturated carbocycles. The minimum absolute atomic E-state index is 0.261. The number of rotatable bonds is 5. The number of hydrogen-bond donors (Lipinski definition) is 0. The predicted molar refractivity (Wildman–Crippen MR) is 79.1 cm³/mol. The third-order valence-electron chi connectivity index (χ3n) is 3.68. The van der Waals surface area contributed by atoms with Crippen molar-refractivity contribution in [1.29, 1.82) is 5.26 Å². The average molecular weight is 308 g/mol. The Hall–Kier alpha value is -1.42. The molecule has 21 heavy (non-hydrogen) atoms. The van der Waals surface area contributed by atoms with Crippen molar-refractivity contribution in [2.45, 2.75) is 24.2 Å². The highest BCUT2D eigenvalue weighted by Crippen LogP contribution is 2.20. The van der Waals surface area contributed by atoms with Crippen molar-refractivity contribution in [2.24, 2.45) is 5.92 Å². The first-order valence-electron chi connectivity index (χ1n) is 7.04. The van der Waals surface area contributed by atoms with Crippen LogP contribution in [0.4, 0.5) is 0 Å². The summed E-state index contributed by atoms with van der Waals surface area (Å²) >= 11 is 0. The van der Waals surface area contributed by atoms with E-state index in [1.807, 2.05) is 6.07 Å². The molecular formula is C15H20N2O3S. The monoisotopic (exact) mass is 308 g/mol. The summed E-state index contributed by atoms with van der Waals surface area (Å²) in [4.78, 5) is 0.267. The maximum absolute atomic E-state index is 12.5. The lowest BCUT2D eigenvalue weighted by Gasteiger charge is -2.26. The number of nitriles is 1. The molecule has 1 aromatic carbocycles. The van der Waals surface area contributed by atoms with Crippen LogP contribution in [0.5, 0.6) is 0 Å². The highest BCUT2D eigenvalue weighted by molar-refractivity contribution is 7.89. The molecule has 0 aliphatic carbocycles. The fourth-order valence-electron chi connectivity index (χ4n) is 2.46. The Labute approximate surface area is 126 Å². The van der Waals surface area contributed by atoms with Gasteiger partial charge >= 0.3 is 0 Å². The molecule has 1 fully saturated rings. The van der Waals surface area contributed by atoms with Crippen LogP contribution in [0, 0.1) is 17.2 Å². The SMILES string of the molecule is CN(CC1CCCOC1)S(=O)(=O)c1ccc(CC#N)cc1. The summed E-state index contributed by atoms with van der Waals surface area (Å²) < 4.78 is 31.8. The molecule has 1 saturated heterocycles. The topological polar surface area (TPSA) is 70.4 Å². The minimum atomic E-state index is -3.48. The fourth-order valence-corrected chi connectivity index (χ4v) is 3.71. The van der Waals surface area contributed by atoms with Crippen molar-refractivity contribution >= 4 is 10.0 Å². The quantitative estimate of drug-likeness (QED) is 0.831. The Morgan fingerprint density at radius 2 is 2.10 bits per heavy atom. The fraction of sp³-hybridized carbons (Fsp3) is 0.533. The number of nitrogens with zero attached hydrogens (tertiary/aromatic N) is 2. The van der Waals surface area contributed by atoms with Crippen molar-refractivity contribution in [3.05, 3.63) is 29.8 Å². The number of hydrogen-bond acceptors (Lipinski definition) is 4. The predicted octanol–water partition coefficient (Wildman–Crippen LogP) is 1.80. The van der Waals surface area contributed by atoms with Crippen LogP contribution in [-0.2, 0) is 21.2 Å². The van der Waals surface area contributed by atoms with E-state index < -0.39 is 10.0 Å². The lowest BCUT2D eigenvalue weighted by atomic mass is 10.0. The molecule has 1 heterocycles. The van der Waals surface area contributed by atoms with Crippen LogP contribution in [0.1, 0.15) is 18.4 Å². The van der Waals surface area contributed by atoms with E-state index >= 15 is 0 Å². The van der Waals surface area contributed by atoms with Gasteiger partial charge in [-0.25, -0.2) is 12.7 Å². The molecule has 0 bridgehead atoms. The van der Waals surface area contributed by atoms with Gasteiger partial charge in [0.25, 0.3) is 0 Å². The molecule has 1 aliphatic rings. The first kappa shape index (κ1) is 16.0. The molecule has 1 aromatic rings. The zero-order valence-electron chi connectivity index (χ0n) is 12.2. The first-order chi connectivity index (χ1) is 10.0. The second-order valence-corrected chi connectivity index (χ2v) is 7.39. The minimum Gasteiger partial charge on any atom is -0.381 e. The van der Waals surface area contributed by atoms with E-state index in [0.29, 0.717) is 13.2 Å². The lowest BCUT2D eigenvalue weighted by Crippen LogP contribution is -2.35. The van der Waals surface area contributed by atoms with Gasteiger partial charge < -0.3 is 4.74 Å². The smallest absolute Gasteiger partial charge is 0.242 e. The summed E-state index contributed by atoms with van der Waals surface area (Å²) in [6.45, 7) is 1.87. The van der Waals surface area contributed by atoms with Crippen LogP contribution in [0.15, 0.2) is 29.2 Å². The molecule has 2 rings (SSSR count). The summed E-state index contributed by atoms with van der Waals surface area (Å²) in [5.74, 6) is 0.261. The van der Waals surface area contributed by atoms with Crippen LogP contribution < -0.4 is 0 Å². The Balaban J connectivity index is 2.07. The molecule has 1 aliphatic heterocycles. The van der Waals surface area contributed by atoms with Gasteiger partial charge in [-0.05, 0) is 36.5 Å². The Morgan fingerprint density at radius 1 is 1.38 bits per heavy atom. The summed E-state index contributed by atoms with van der Waals surface area (Å²) in [5, 5.41) is 8.63. The lowest BCUT2D eigenvalue weighted by molar-refractivity contribution is 0.0495. The maximum atomic E-state index is 12.5. The molecule has 1 atom stereocenters. The molecular weight excluding hydrogens is 288 g/mol. The van der Waals surface area contributed by atoms with E-state index in [4.69, 9.17) is 10.00 Å². The number of benzene rings is 1. The standard InChI is InChI=1S/C15H20N2O3S/c1-17(11-14-3-2-10-20-12-14)21(18,19)15-6-4-13(5-7-15)8-9-16/h4-7,14H,2-3,8,10-12H2,1H3. The van der Waals surface area contributed by atoms with E-state index in [9.17, 15) is 8.42 Å². The van der Waals surface area contributed by atoms with Crippen molar-refractivity contribution in [3.8, 4) is 6.07 Å². The van der Waals surface area contributed by atoms with Crippen molar-refractivity contribution < 1.29 is 13.2 Å². The van der Waals surface area contributed by atoms with Gasteiger partial charge in [-0.3, -0.25) is 0 Å². The van der Waals surface area contributed by atoms with Gasteiger partial charge in [-0.15, -0.1) is 0 Å². The second kappa shape index (κ2) is 7.03. The zero-order valence-corrected chi connectivity index (χ0v) is 13.0. The van der Waals surface area contributed by atoms with Crippen LogP contribution in [0.2, 0.25) is 0 Å². The summed E-state index contributed by atoms with van der Waals surface area (Å²) in [6, 6.07) is 8.55. The third-order valence-corrected chi connectivity index (χ3v) is 5.52. The van der Waals surface area contributed by atoms with Crippen LogP contribution in [0.25, 0.3) is 0 Å². The van der Waals surface area contributed by atoms with Gasteiger partial charge in [0.05, 0.1) is 24.0 Å². The molecule has 0 aromatic heterocycles. The highest BCUT2D eigenvalue weighted by Gasteiger charge is 2.25. The molecule has 5 nitrogen and oxygen atoms in total. The largest absolute Gasteiger partial charge is 0.381 e. The maximum Gasteiger partial charge on any atom is 0.242 e. The Kier molecular flexibility index (Phi) is 5.34. The van der Waals surface area contributed by atoms with E-state index in [1.54, 1.807) is 31.3 Å². The molecule has 6 heteroatoms. The van der Waals surface area contributed by atoms with Gasteiger partial charge in [0.15, 0.2) is 0 Å². The molecule has 114 valence electrons. The molecule has 0 spiro atoms. The van der Waals surface area contributed by atoms with Crippen molar-refractivity contribution in [3.63, 3.8) is 0 Å². The number of sulfonamides is 1. The number of ether oxygens (including phenoxy) is 1. The van der Waals surface area contributed by atoms with E-state index in [2.05, 4.69) is 0 Å². The Morgan fingerprint density at radius 3 is 2.67 bits per heavy atom. The molecule has 1 unspecified atom stereocenters. The van der Waals surface area contributed by atoms with Crippen molar-refractivity contribution in [1.82, 2.24) is 4.31 Å². The summed E-state index contributed by atoms with van der Waals surface area (Å²) in [7, 11) is -1.87. The van der Waals surface area contributed by atoms with Crippen LogP contribution >= 0.6 is 0 Å². The molecule has 0 radical (unpaired) electrons. The van der Waals surface area contributed by atoms with Gasteiger partial charge in [0.1, 0.15) is 0 Å². The van der Waals surface area contributed by atoms with E-state index in [0.717, 1.165) is 25.0 Å². The van der Waals surface area contributed by atoms with E-state index in [-0.39, 0.29) is 17.2 Å². The normalized spacial score (nSPS) is 19.4. The summed E-state index contributed by atoms with van der Waals surface area (Å²) in [6.07, 6.45) is 2.28. The van der Waals surface area contributed by atoms with Crippen molar-refractivity contribution in [2.75, 3.05) is 26.8 Å². The average Bonchev–Trinajstić information content (AvgIpc) is 2.49. The van der Waals surface area contributed by atoms with Gasteiger partial charge in [0, 0.05) is 20.2 Å². The third kappa shape index (κ3) is 4.03. The van der Waals surface area contributed by atoms with Crippen LogP contribution in [-0.4, -0.2) is 39.5 Å². The van der Waals surface area contributed by atoms with Gasteiger partial charge in [-0.2, -0.15) is 5.26 Å². The summed E-state index contributed by atoms with van der Waals surface area (Å²) in [5.41, 5.74) is 0.819. The van der Waals surface area contributed by atoms with Gasteiger partial charge in [-0.1, -0.05) is 12.1 Å². The second-order valence-electron chi connectivity index (χ2n) is 5.35. The van der Waals surface area contributed by atoms with Crippen LogP contribution in [0.3, 0.4) is 0 Å². The highest BCUT2D eigenvalue weighted by atomic mass is 32.2. The first-order valence-corrected chi connectivity index (χ1v) is 8.48. The van der Waals surface area contributed by atoms with E-state index in [1.165, 1.54) is 4.31 Å². The molecule has 0 N–H and O–H groups in total. The van der Waals surface area contributed by atoms with Gasteiger partial charge in [0.2, 0.25) is 10.0 Å². The zero-order chi connectivity index (χ0) is 15.3. The molecule has 0 amide bonds.